The third-order valence-corrected chi connectivity index (χ3v) is 2.97. The smallest absolute Gasteiger partial charge is 0.407 e. The van der Waals surface area contributed by atoms with Crippen LogP contribution in [-0.2, 0) is 44.1 Å². The fraction of sp³-hybridized carbons (Fsp3) is 0.455. The topological polar surface area (TPSA) is 51.2 Å². The number of pyridine rings is 1. The van der Waals surface area contributed by atoms with Crippen molar-refractivity contribution >= 4 is 6.09 Å². The number of rotatable bonds is 4. The van der Waals surface area contributed by atoms with Gasteiger partial charge < -0.3 is 10.1 Å². The molecule has 1 radical (unpaired) electrons. The van der Waals surface area contributed by atoms with Gasteiger partial charge in [-0.1, -0.05) is 72.5 Å². The summed E-state index contributed by atoms with van der Waals surface area (Å²) in [6, 6.07) is 13.8. The van der Waals surface area contributed by atoms with Crippen molar-refractivity contribution in [2.75, 3.05) is 0 Å². The molecule has 1 amide bonds. The second-order valence-electron chi connectivity index (χ2n) is 5.80. The molecular formula is C22H38N2O2Y. The Balaban J connectivity index is -0.000000181. The number of hydrogen-bond acceptors (Lipinski definition) is 3. The minimum Gasteiger partial charge on any atom is -0.445 e. The Morgan fingerprint density at radius 1 is 1.00 bits per heavy atom. The van der Waals surface area contributed by atoms with E-state index in [4.69, 9.17) is 4.74 Å². The van der Waals surface area contributed by atoms with E-state index in [9.17, 15) is 4.79 Å². The number of alkyl carbamates (subject to hydrolysis) is 1. The van der Waals surface area contributed by atoms with E-state index in [0.29, 0.717) is 12.5 Å². The van der Waals surface area contributed by atoms with Gasteiger partial charge >= 0.3 is 6.09 Å². The van der Waals surface area contributed by atoms with Crippen LogP contribution in [-0.4, -0.2) is 17.1 Å². The zero-order valence-electron chi connectivity index (χ0n) is 14.9. The largest absolute Gasteiger partial charge is 0.445 e. The summed E-state index contributed by atoms with van der Waals surface area (Å²) < 4.78 is 4.99. The molecule has 5 heteroatoms. The molecule has 2 aromatic rings. The van der Waals surface area contributed by atoms with Crippen molar-refractivity contribution in [2.24, 2.45) is 0 Å². The van der Waals surface area contributed by atoms with Crippen molar-refractivity contribution in [1.29, 1.82) is 0 Å². The van der Waals surface area contributed by atoms with Gasteiger partial charge in [-0.15, -0.1) is 0 Å². The third-order valence-electron chi connectivity index (χ3n) is 2.97. The molecule has 0 fully saturated rings. The quantitative estimate of drug-likeness (QED) is 0.583. The molecule has 0 saturated heterocycles. The first-order valence-electron chi connectivity index (χ1n) is 7.86. The van der Waals surface area contributed by atoms with Gasteiger partial charge in [-0.2, -0.15) is 0 Å². The molecule has 1 aromatic heterocycles. The first-order valence-corrected chi connectivity index (χ1v) is 7.86. The van der Waals surface area contributed by atoms with E-state index in [0.717, 1.165) is 5.56 Å². The zero-order chi connectivity index (χ0) is 17.1. The maximum atomic E-state index is 11.1. The van der Waals surface area contributed by atoms with Crippen LogP contribution in [0.3, 0.4) is 0 Å². The Bertz CT molecular complexity index is 561. The van der Waals surface area contributed by atoms with E-state index in [-0.39, 0.29) is 67.1 Å². The molecule has 151 valence electrons. The van der Waals surface area contributed by atoms with Crippen molar-refractivity contribution in [1.82, 2.24) is 10.3 Å². The van der Waals surface area contributed by atoms with Gasteiger partial charge in [0.05, 0.1) is 0 Å². The van der Waals surface area contributed by atoms with Gasteiger partial charge in [0.1, 0.15) is 6.61 Å². The molecule has 0 aliphatic rings. The average molecular weight is 451 g/mol. The Labute approximate surface area is 192 Å². The summed E-state index contributed by atoms with van der Waals surface area (Å²) >= 11 is 0. The maximum Gasteiger partial charge on any atom is 0.407 e. The van der Waals surface area contributed by atoms with Crippen molar-refractivity contribution in [3.8, 4) is 0 Å². The minimum atomic E-state index is -0.371. The molecule has 0 bridgehead atoms. The Morgan fingerprint density at radius 3 is 2.00 bits per heavy atom. The number of hydrogen-bond donors (Lipinski definition) is 1. The third kappa shape index (κ3) is 16.6. The molecule has 1 aromatic carbocycles. The Kier molecular flexibility index (Phi) is 24.1. The predicted molar refractivity (Wildman–Crippen MR) is 113 cm³/mol. The number of carbonyl (C=O) groups excluding carboxylic acids is 1. The normalized spacial score (nSPS) is 8.52. The fourth-order valence-electron chi connectivity index (χ4n) is 1.72. The minimum absolute atomic E-state index is 0. The van der Waals surface area contributed by atoms with Gasteiger partial charge in [0, 0.05) is 51.1 Å². The Morgan fingerprint density at radius 2 is 1.59 bits per heavy atom. The SMILES string of the molecule is C.C.C.CC(C)NC(=O)OCc1ccccc1.CC(C)c1cccnc1.[Y]. The number of nitrogens with zero attached hydrogens (tertiary/aromatic N) is 1. The number of ether oxygens (including phenoxy) is 1. The number of aromatic nitrogens is 1. The van der Waals surface area contributed by atoms with E-state index in [1.165, 1.54) is 5.56 Å². The van der Waals surface area contributed by atoms with Crippen LogP contribution in [0.2, 0.25) is 0 Å². The van der Waals surface area contributed by atoms with Crippen molar-refractivity contribution in [3.63, 3.8) is 0 Å². The second kappa shape index (κ2) is 19.5. The maximum absolute atomic E-state index is 11.1. The standard InChI is InChI=1S/C11H15NO2.C8H11N.3CH4.Y/c1-9(2)12-11(13)14-8-10-6-4-3-5-7-10;1-7(2)8-4-3-5-9-6-8;;;;/h3-7,9H,8H2,1-2H3,(H,12,13);3-7H,1-2H3;3*1H4;. The van der Waals surface area contributed by atoms with Crippen LogP contribution in [0.25, 0.3) is 0 Å². The van der Waals surface area contributed by atoms with Crippen molar-refractivity contribution in [2.45, 2.75) is 68.5 Å². The number of nitrogens with one attached hydrogen (secondary N) is 1. The summed E-state index contributed by atoms with van der Waals surface area (Å²) in [6.07, 6.45) is 3.33. The molecule has 0 atom stereocenters. The summed E-state index contributed by atoms with van der Waals surface area (Å²) in [5, 5.41) is 2.65. The molecule has 27 heavy (non-hydrogen) atoms. The second-order valence-corrected chi connectivity index (χ2v) is 5.80. The number of benzene rings is 1. The van der Waals surface area contributed by atoms with Crippen LogP contribution in [0.15, 0.2) is 54.9 Å². The van der Waals surface area contributed by atoms with E-state index in [1.54, 1.807) is 6.20 Å². The van der Waals surface area contributed by atoms with E-state index in [1.807, 2.05) is 56.4 Å². The van der Waals surface area contributed by atoms with Crippen molar-refractivity contribution < 1.29 is 42.2 Å². The molecule has 2 rings (SSSR count). The molecular weight excluding hydrogens is 413 g/mol. The molecule has 0 aliphatic carbocycles. The first-order chi connectivity index (χ1) is 11.0. The Hall–Kier alpha value is -1.26. The summed E-state index contributed by atoms with van der Waals surface area (Å²) in [4.78, 5) is 15.1. The molecule has 0 saturated carbocycles. The van der Waals surface area contributed by atoms with Gasteiger partial charge in [0.2, 0.25) is 0 Å². The molecule has 0 spiro atoms. The van der Waals surface area contributed by atoms with Crippen LogP contribution >= 0.6 is 0 Å². The van der Waals surface area contributed by atoms with Crippen LogP contribution in [0.1, 0.15) is 67.0 Å². The van der Waals surface area contributed by atoms with Crippen LogP contribution in [0, 0.1) is 0 Å². The fourth-order valence-corrected chi connectivity index (χ4v) is 1.72. The van der Waals surface area contributed by atoms with Crippen LogP contribution < -0.4 is 5.32 Å². The predicted octanol–water partition coefficient (Wildman–Crippen LogP) is 6.43. The zero-order valence-corrected chi connectivity index (χ0v) is 17.7. The molecule has 0 unspecified atom stereocenters. The van der Waals surface area contributed by atoms with Gasteiger partial charge in [0.15, 0.2) is 0 Å². The molecule has 0 aliphatic heterocycles. The van der Waals surface area contributed by atoms with Crippen LogP contribution in [0.5, 0.6) is 0 Å². The van der Waals surface area contributed by atoms with Gasteiger partial charge in [-0.05, 0) is 37.0 Å². The van der Waals surface area contributed by atoms with E-state index < -0.39 is 0 Å². The van der Waals surface area contributed by atoms with Gasteiger partial charge in [-0.25, -0.2) is 4.79 Å². The van der Waals surface area contributed by atoms with Crippen LogP contribution in [0.4, 0.5) is 4.79 Å². The summed E-state index contributed by atoms with van der Waals surface area (Å²) in [7, 11) is 0. The molecule has 1 N–H and O–H groups in total. The number of amides is 1. The van der Waals surface area contributed by atoms with Crippen molar-refractivity contribution in [3.05, 3.63) is 66.0 Å². The first kappa shape index (κ1) is 33.3. The average Bonchev–Trinajstić information content (AvgIpc) is 2.55. The molecule has 4 nitrogen and oxygen atoms in total. The van der Waals surface area contributed by atoms with E-state index >= 15 is 0 Å². The monoisotopic (exact) mass is 451 g/mol. The van der Waals surface area contributed by atoms with Gasteiger partial charge in [-0.3, -0.25) is 4.98 Å². The summed E-state index contributed by atoms with van der Waals surface area (Å²) in [5.74, 6) is 0.596. The summed E-state index contributed by atoms with van der Waals surface area (Å²) in [6.45, 7) is 8.43. The molecule has 1 heterocycles. The van der Waals surface area contributed by atoms with Gasteiger partial charge in [0.25, 0.3) is 0 Å². The number of carbonyl (C=O) groups is 1. The summed E-state index contributed by atoms with van der Waals surface area (Å²) in [5.41, 5.74) is 2.30. The van der Waals surface area contributed by atoms with E-state index in [2.05, 4.69) is 30.2 Å².